The summed E-state index contributed by atoms with van der Waals surface area (Å²) in [6.07, 6.45) is -0.630. The summed E-state index contributed by atoms with van der Waals surface area (Å²) in [5, 5.41) is 3.50. The van der Waals surface area contributed by atoms with Crippen LogP contribution in [0.5, 0.6) is 5.75 Å². The molecule has 150 valence electrons. The fourth-order valence-electron chi connectivity index (χ4n) is 3.29. The first kappa shape index (κ1) is 20.5. The number of nitrogens with one attached hydrogen (secondary N) is 1. The molecule has 1 fully saturated rings. The van der Waals surface area contributed by atoms with Gasteiger partial charge >= 0.3 is 0 Å². The monoisotopic (exact) mass is 401 g/mol. The fraction of sp³-hybridized carbons (Fsp3) is 0.409. The third kappa shape index (κ3) is 5.18. The number of nitrogens with zero attached hydrogens (tertiary/aromatic N) is 2. The molecule has 1 saturated heterocycles. The predicted octanol–water partition coefficient (Wildman–Crippen LogP) is 3.48. The Morgan fingerprint density at radius 1 is 1.18 bits per heavy atom. The zero-order valence-corrected chi connectivity index (χ0v) is 17.5. The van der Waals surface area contributed by atoms with Crippen LogP contribution in [0.3, 0.4) is 0 Å². The highest BCUT2D eigenvalue weighted by atomic mass is 35.5. The summed E-state index contributed by atoms with van der Waals surface area (Å²) in [6, 6.07) is 13.8. The third-order valence-electron chi connectivity index (χ3n) is 5.05. The third-order valence-corrected chi connectivity index (χ3v) is 5.36. The highest BCUT2D eigenvalue weighted by molar-refractivity contribution is 6.32. The normalized spacial score (nSPS) is 15.9. The van der Waals surface area contributed by atoms with E-state index in [1.165, 1.54) is 5.69 Å². The van der Waals surface area contributed by atoms with E-state index in [4.69, 9.17) is 16.3 Å². The first-order valence-corrected chi connectivity index (χ1v) is 10.0. The van der Waals surface area contributed by atoms with Gasteiger partial charge in [0.1, 0.15) is 5.75 Å². The van der Waals surface area contributed by atoms with Crippen LogP contribution in [0.4, 0.5) is 5.69 Å². The van der Waals surface area contributed by atoms with Crippen molar-refractivity contribution in [3.63, 3.8) is 0 Å². The minimum atomic E-state index is -0.630. The van der Waals surface area contributed by atoms with Crippen molar-refractivity contribution in [2.45, 2.75) is 26.5 Å². The molecule has 1 aliphatic heterocycles. The van der Waals surface area contributed by atoms with E-state index in [1.54, 1.807) is 13.0 Å². The Hall–Kier alpha value is -2.24. The quantitative estimate of drug-likeness (QED) is 0.804. The SMILES string of the molecule is Cc1ccc(Cl)c(OC(C)C(=O)NCc2ccccc2N2CCN(C)CC2)c1. The Labute approximate surface area is 172 Å². The highest BCUT2D eigenvalue weighted by Crippen LogP contribution is 2.26. The maximum Gasteiger partial charge on any atom is 0.261 e. The van der Waals surface area contributed by atoms with Crippen molar-refractivity contribution >= 4 is 23.2 Å². The van der Waals surface area contributed by atoms with Gasteiger partial charge in [-0.15, -0.1) is 0 Å². The molecule has 5 nitrogen and oxygen atoms in total. The topological polar surface area (TPSA) is 44.8 Å². The van der Waals surface area contributed by atoms with Crippen molar-refractivity contribution in [2.75, 3.05) is 38.1 Å². The van der Waals surface area contributed by atoms with E-state index in [0.717, 1.165) is 37.3 Å². The second-order valence-corrected chi connectivity index (χ2v) is 7.74. The molecule has 0 aromatic heterocycles. The van der Waals surface area contributed by atoms with Crippen LogP contribution in [0.25, 0.3) is 0 Å². The Bertz CT molecular complexity index is 819. The van der Waals surface area contributed by atoms with Gasteiger partial charge in [-0.1, -0.05) is 35.9 Å². The number of likely N-dealkylation sites (N-methyl/N-ethyl adjacent to an activating group) is 1. The number of halogens is 1. The lowest BCUT2D eigenvalue weighted by Crippen LogP contribution is -2.45. The number of rotatable bonds is 6. The van der Waals surface area contributed by atoms with Gasteiger partial charge in [0.05, 0.1) is 5.02 Å². The minimum Gasteiger partial charge on any atom is -0.479 e. The average molecular weight is 402 g/mol. The molecule has 1 atom stereocenters. The first-order valence-electron chi connectivity index (χ1n) is 9.66. The molecule has 28 heavy (non-hydrogen) atoms. The molecule has 2 aromatic carbocycles. The van der Waals surface area contributed by atoms with Gasteiger partial charge in [0.15, 0.2) is 6.10 Å². The van der Waals surface area contributed by atoms with Crippen molar-refractivity contribution in [1.29, 1.82) is 0 Å². The number of benzene rings is 2. The van der Waals surface area contributed by atoms with Crippen LogP contribution in [0.2, 0.25) is 5.02 Å². The molecule has 0 saturated carbocycles. The smallest absolute Gasteiger partial charge is 0.261 e. The van der Waals surface area contributed by atoms with Gasteiger partial charge in [0, 0.05) is 38.4 Å². The van der Waals surface area contributed by atoms with E-state index in [1.807, 2.05) is 31.2 Å². The van der Waals surface area contributed by atoms with Crippen molar-refractivity contribution in [1.82, 2.24) is 10.2 Å². The summed E-state index contributed by atoms with van der Waals surface area (Å²) in [6.45, 7) is 8.24. The van der Waals surface area contributed by atoms with Gasteiger partial charge in [-0.2, -0.15) is 0 Å². The minimum absolute atomic E-state index is 0.161. The number of hydrogen-bond acceptors (Lipinski definition) is 4. The summed E-state index contributed by atoms with van der Waals surface area (Å²) >= 11 is 6.17. The number of anilines is 1. The molecule has 1 heterocycles. The predicted molar refractivity (Wildman–Crippen MR) is 114 cm³/mol. The number of amides is 1. The Morgan fingerprint density at radius 3 is 2.64 bits per heavy atom. The lowest BCUT2D eigenvalue weighted by molar-refractivity contribution is -0.127. The second-order valence-electron chi connectivity index (χ2n) is 7.33. The molecular formula is C22H28ClN3O2. The fourth-order valence-corrected chi connectivity index (χ4v) is 3.45. The van der Waals surface area contributed by atoms with Gasteiger partial charge in [0.25, 0.3) is 5.91 Å². The van der Waals surface area contributed by atoms with Gasteiger partial charge in [-0.25, -0.2) is 0 Å². The molecule has 1 amide bonds. The molecule has 0 aliphatic carbocycles. The number of hydrogen-bond donors (Lipinski definition) is 1. The molecule has 1 N–H and O–H groups in total. The summed E-state index contributed by atoms with van der Waals surface area (Å²) in [7, 11) is 2.14. The summed E-state index contributed by atoms with van der Waals surface area (Å²) < 4.78 is 5.77. The van der Waals surface area contributed by atoms with Gasteiger partial charge in [0.2, 0.25) is 0 Å². The van der Waals surface area contributed by atoms with E-state index >= 15 is 0 Å². The van der Waals surface area contributed by atoms with Crippen LogP contribution >= 0.6 is 11.6 Å². The van der Waals surface area contributed by atoms with Gasteiger partial charge < -0.3 is 19.9 Å². The Morgan fingerprint density at radius 2 is 1.89 bits per heavy atom. The van der Waals surface area contributed by atoms with Crippen LogP contribution in [0.15, 0.2) is 42.5 Å². The van der Waals surface area contributed by atoms with Crippen molar-refractivity contribution in [2.24, 2.45) is 0 Å². The number of piperazine rings is 1. The molecule has 0 bridgehead atoms. The van der Waals surface area contributed by atoms with Crippen LogP contribution in [0.1, 0.15) is 18.1 Å². The van der Waals surface area contributed by atoms with Crippen molar-refractivity contribution < 1.29 is 9.53 Å². The Kier molecular flexibility index (Phi) is 6.81. The number of para-hydroxylation sites is 1. The average Bonchev–Trinajstić information content (AvgIpc) is 2.69. The zero-order chi connectivity index (χ0) is 20.1. The van der Waals surface area contributed by atoms with Crippen molar-refractivity contribution in [3.8, 4) is 5.75 Å². The summed E-state index contributed by atoms with van der Waals surface area (Å²) in [5.74, 6) is 0.368. The number of carbonyl (C=O) groups excluding carboxylic acids is 1. The zero-order valence-electron chi connectivity index (χ0n) is 16.7. The van der Waals surface area contributed by atoms with E-state index in [0.29, 0.717) is 17.3 Å². The maximum absolute atomic E-state index is 12.5. The summed E-state index contributed by atoms with van der Waals surface area (Å²) in [5.41, 5.74) is 3.33. The number of carbonyl (C=O) groups is 1. The van der Waals surface area contributed by atoms with Crippen LogP contribution < -0.4 is 15.0 Å². The standard InChI is InChI=1S/C22H28ClN3O2/c1-16-8-9-19(23)21(14-16)28-17(2)22(27)24-15-18-6-4-5-7-20(18)26-12-10-25(3)11-13-26/h4-9,14,17H,10-13,15H2,1-3H3,(H,24,27). The highest BCUT2D eigenvalue weighted by Gasteiger charge is 2.19. The van der Waals surface area contributed by atoms with E-state index in [9.17, 15) is 4.79 Å². The Balaban J connectivity index is 1.60. The van der Waals surface area contributed by atoms with Crippen LogP contribution in [0, 0.1) is 6.92 Å². The number of aryl methyl sites for hydroxylation is 1. The molecule has 0 radical (unpaired) electrons. The second kappa shape index (κ2) is 9.30. The largest absolute Gasteiger partial charge is 0.479 e. The molecule has 1 aliphatic rings. The van der Waals surface area contributed by atoms with Crippen LogP contribution in [-0.2, 0) is 11.3 Å². The van der Waals surface area contributed by atoms with Crippen molar-refractivity contribution in [3.05, 3.63) is 58.6 Å². The molecule has 6 heteroatoms. The number of ether oxygens (including phenoxy) is 1. The molecular weight excluding hydrogens is 374 g/mol. The lowest BCUT2D eigenvalue weighted by Gasteiger charge is -2.35. The van der Waals surface area contributed by atoms with Gasteiger partial charge in [-0.05, 0) is 50.2 Å². The van der Waals surface area contributed by atoms with E-state index in [-0.39, 0.29) is 5.91 Å². The molecule has 2 aromatic rings. The van der Waals surface area contributed by atoms with E-state index < -0.39 is 6.10 Å². The molecule has 3 rings (SSSR count). The van der Waals surface area contributed by atoms with E-state index in [2.05, 4.69) is 34.3 Å². The van der Waals surface area contributed by atoms with Gasteiger partial charge in [-0.3, -0.25) is 4.79 Å². The molecule has 0 spiro atoms. The summed E-state index contributed by atoms with van der Waals surface area (Å²) in [4.78, 5) is 17.3. The maximum atomic E-state index is 12.5. The molecule has 1 unspecified atom stereocenters. The van der Waals surface area contributed by atoms with Crippen LogP contribution in [-0.4, -0.2) is 50.1 Å². The lowest BCUT2D eigenvalue weighted by atomic mass is 10.1. The first-order chi connectivity index (χ1) is 13.4.